The number of nitrogens with one attached hydrogen (secondary N) is 3. The van der Waals surface area contributed by atoms with E-state index in [1.807, 2.05) is 36.4 Å². The first-order chi connectivity index (χ1) is 8.45. The van der Waals surface area contributed by atoms with E-state index in [1.54, 1.807) is 0 Å². The van der Waals surface area contributed by atoms with E-state index >= 15 is 0 Å². The molecule has 17 heavy (non-hydrogen) atoms. The number of hydrogen-bond acceptors (Lipinski definition) is 3. The van der Waals surface area contributed by atoms with Crippen molar-refractivity contribution in [3.8, 4) is 0 Å². The lowest BCUT2D eigenvalue weighted by Gasteiger charge is -2.05. The van der Waals surface area contributed by atoms with Crippen LogP contribution < -0.4 is 16.4 Å². The third kappa shape index (κ3) is 1.88. The Morgan fingerprint density at radius 2 is 0.941 bits per heavy atom. The Balaban J connectivity index is 2.08. The molecule has 3 rings (SSSR count). The van der Waals surface area contributed by atoms with Crippen LogP contribution in [0.4, 0.5) is 0 Å². The average Bonchev–Trinajstić information content (AvgIpc) is 2.90. The predicted octanol–water partition coefficient (Wildman–Crippen LogP) is 2.12. The summed E-state index contributed by atoms with van der Waals surface area (Å²) in [5, 5.41) is 0. The highest BCUT2D eigenvalue weighted by Gasteiger charge is 2.15. The van der Waals surface area contributed by atoms with Crippen LogP contribution in [0.15, 0.2) is 60.7 Å². The molecule has 0 unspecified atom stereocenters. The first-order valence-electron chi connectivity index (χ1n) is 5.57. The van der Waals surface area contributed by atoms with Gasteiger partial charge in [0.05, 0.1) is 11.4 Å². The number of rotatable bonds is 2. The maximum atomic E-state index is 3.14. The molecule has 1 aliphatic heterocycles. The van der Waals surface area contributed by atoms with E-state index in [-0.39, 0.29) is 0 Å². The molecular formula is C14H13N3. The molecule has 0 amide bonds. The molecule has 84 valence electrons. The third-order valence-electron chi connectivity index (χ3n) is 2.75. The van der Waals surface area contributed by atoms with E-state index < -0.39 is 0 Å². The molecule has 0 bridgehead atoms. The molecular weight excluding hydrogens is 210 g/mol. The predicted molar refractivity (Wildman–Crippen MR) is 69.1 cm³/mol. The molecule has 0 saturated heterocycles. The van der Waals surface area contributed by atoms with Gasteiger partial charge in [0.1, 0.15) is 0 Å². The summed E-state index contributed by atoms with van der Waals surface area (Å²) in [4.78, 5) is 0. The topological polar surface area (TPSA) is 36.1 Å². The van der Waals surface area contributed by atoms with E-state index in [0.29, 0.717) is 0 Å². The van der Waals surface area contributed by atoms with Crippen LogP contribution in [0.5, 0.6) is 0 Å². The molecule has 2 aromatic carbocycles. The van der Waals surface area contributed by atoms with Crippen molar-refractivity contribution in [1.82, 2.24) is 16.4 Å². The molecule has 3 nitrogen and oxygen atoms in total. The highest BCUT2D eigenvalue weighted by Crippen LogP contribution is 2.23. The van der Waals surface area contributed by atoms with Gasteiger partial charge in [0.2, 0.25) is 0 Å². The fourth-order valence-corrected chi connectivity index (χ4v) is 1.92. The van der Waals surface area contributed by atoms with Gasteiger partial charge in [0.15, 0.2) is 0 Å². The normalized spacial score (nSPS) is 14.4. The summed E-state index contributed by atoms with van der Waals surface area (Å²) in [5.41, 5.74) is 13.7. The van der Waals surface area contributed by atoms with Crippen molar-refractivity contribution < 1.29 is 0 Å². The van der Waals surface area contributed by atoms with Gasteiger partial charge in [-0.3, -0.25) is 0 Å². The Morgan fingerprint density at radius 3 is 1.35 bits per heavy atom. The maximum Gasteiger partial charge on any atom is 0.0829 e. The molecule has 0 atom stereocenters. The fourth-order valence-electron chi connectivity index (χ4n) is 1.92. The van der Waals surface area contributed by atoms with Crippen LogP contribution in [-0.2, 0) is 0 Å². The molecule has 0 radical (unpaired) electrons. The van der Waals surface area contributed by atoms with Gasteiger partial charge < -0.3 is 10.9 Å². The second kappa shape index (κ2) is 4.31. The summed E-state index contributed by atoms with van der Waals surface area (Å²) < 4.78 is 0. The van der Waals surface area contributed by atoms with Crippen LogP contribution in [-0.4, -0.2) is 0 Å². The van der Waals surface area contributed by atoms with Crippen molar-refractivity contribution in [1.29, 1.82) is 0 Å². The maximum absolute atomic E-state index is 3.14. The van der Waals surface area contributed by atoms with Gasteiger partial charge in [-0.2, -0.15) is 0 Å². The lowest BCUT2D eigenvalue weighted by Crippen LogP contribution is -2.32. The van der Waals surface area contributed by atoms with Crippen LogP contribution in [0.2, 0.25) is 0 Å². The molecule has 2 aromatic rings. The first kappa shape index (κ1) is 9.93. The summed E-state index contributed by atoms with van der Waals surface area (Å²) in [6, 6.07) is 20.5. The second-order valence-electron chi connectivity index (χ2n) is 3.86. The Bertz CT molecular complexity index is 482. The van der Waals surface area contributed by atoms with Crippen LogP contribution >= 0.6 is 0 Å². The van der Waals surface area contributed by atoms with Crippen LogP contribution in [0.3, 0.4) is 0 Å². The molecule has 0 aliphatic carbocycles. The Kier molecular flexibility index (Phi) is 2.52. The zero-order valence-corrected chi connectivity index (χ0v) is 9.27. The highest BCUT2D eigenvalue weighted by atomic mass is 15.6. The minimum Gasteiger partial charge on any atom is -0.301 e. The van der Waals surface area contributed by atoms with Crippen molar-refractivity contribution in [3.63, 3.8) is 0 Å². The Labute approximate surface area is 100 Å². The second-order valence-corrected chi connectivity index (χ2v) is 3.86. The van der Waals surface area contributed by atoms with Gasteiger partial charge in [-0.25, -0.2) is 0 Å². The van der Waals surface area contributed by atoms with Gasteiger partial charge in [-0.05, 0) is 0 Å². The monoisotopic (exact) mass is 223 g/mol. The molecule has 3 heteroatoms. The largest absolute Gasteiger partial charge is 0.301 e. The van der Waals surface area contributed by atoms with Crippen LogP contribution in [0.1, 0.15) is 11.1 Å². The van der Waals surface area contributed by atoms with Crippen molar-refractivity contribution >= 4 is 11.4 Å². The van der Waals surface area contributed by atoms with Crippen molar-refractivity contribution in [2.24, 2.45) is 0 Å². The van der Waals surface area contributed by atoms with Crippen LogP contribution in [0.25, 0.3) is 11.4 Å². The van der Waals surface area contributed by atoms with Gasteiger partial charge >= 0.3 is 0 Å². The van der Waals surface area contributed by atoms with E-state index in [4.69, 9.17) is 0 Å². The summed E-state index contributed by atoms with van der Waals surface area (Å²) in [5.74, 6) is 0. The molecule has 0 fully saturated rings. The van der Waals surface area contributed by atoms with Gasteiger partial charge in [-0.15, -0.1) is 5.53 Å². The summed E-state index contributed by atoms with van der Waals surface area (Å²) in [6.07, 6.45) is 0. The zero-order valence-electron chi connectivity index (χ0n) is 9.27. The minimum atomic E-state index is 1.07. The summed E-state index contributed by atoms with van der Waals surface area (Å²) in [6.45, 7) is 0. The fraction of sp³-hybridized carbons (Fsp3) is 0. The number of hydrogen-bond donors (Lipinski definition) is 3. The summed E-state index contributed by atoms with van der Waals surface area (Å²) in [7, 11) is 0. The zero-order chi connectivity index (χ0) is 11.5. The lowest BCUT2D eigenvalue weighted by atomic mass is 10.1. The Hall–Kier alpha value is -2.26. The van der Waals surface area contributed by atoms with E-state index in [9.17, 15) is 0 Å². The third-order valence-corrected chi connectivity index (χ3v) is 2.75. The highest BCUT2D eigenvalue weighted by molar-refractivity contribution is 5.90. The van der Waals surface area contributed by atoms with E-state index in [1.165, 1.54) is 0 Å². The van der Waals surface area contributed by atoms with Crippen LogP contribution in [0, 0.1) is 0 Å². The van der Waals surface area contributed by atoms with Crippen molar-refractivity contribution in [2.45, 2.75) is 0 Å². The minimum absolute atomic E-state index is 1.07. The van der Waals surface area contributed by atoms with Crippen molar-refractivity contribution in [2.75, 3.05) is 0 Å². The smallest absolute Gasteiger partial charge is 0.0829 e. The first-order valence-corrected chi connectivity index (χ1v) is 5.57. The molecule has 1 aliphatic rings. The molecule has 1 heterocycles. The van der Waals surface area contributed by atoms with E-state index in [0.717, 1.165) is 22.5 Å². The number of benzene rings is 2. The van der Waals surface area contributed by atoms with Gasteiger partial charge in [0.25, 0.3) is 0 Å². The number of hydrazine groups is 2. The van der Waals surface area contributed by atoms with Gasteiger partial charge in [0, 0.05) is 11.1 Å². The molecule has 0 aromatic heterocycles. The van der Waals surface area contributed by atoms with Gasteiger partial charge in [-0.1, -0.05) is 60.7 Å². The molecule has 0 spiro atoms. The quantitative estimate of drug-likeness (QED) is 0.730. The Morgan fingerprint density at radius 1 is 0.529 bits per heavy atom. The van der Waals surface area contributed by atoms with Crippen molar-refractivity contribution in [3.05, 3.63) is 71.8 Å². The summed E-state index contributed by atoms with van der Waals surface area (Å²) >= 11 is 0. The average molecular weight is 223 g/mol. The SMILES string of the molecule is c1ccc(C2=C(c3ccccc3)NNN2)cc1. The standard InChI is InChI=1S/C14H13N3/c1-3-7-11(8-4-1)13-14(16-17-15-13)12-9-5-2-6-10-12/h1-10,15-17H. The molecule has 0 saturated carbocycles. The molecule has 3 N–H and O–H groups in total. The van der Waals surface area contributed by atoms with E-state index in [2.05, 4.69) is 40.7 Å². The lowest BCUT2D eigenvalue weighted by molar-refractivity contribution is 0.627.